The van der Waals surface area contributed by atoms with Crippen molar-refractivity contribution in [3.63, 3.8) is 0 Å². The fraction of sp³-hybridized carbons (Fsp3) is 0.0833. The Kier molecular flexibility index (Phi) is 5.05. The average molecular weight is 323 g/mol. The van der Waals surface area contributed by atoms with Crippen LogP contribution in [0, 0.1) is 0 Å². The van der Waals surface area contributed by atoms with Crippen LogP contribution in [0.2, 0.25) is 0 Å². The molecule has 2 unspecified atom stereocenters. The number of nitrogen functional groups attached to an aromatic ring is 1. The molecule has 116 valence electrons. The van der Waals surface area contributed by atoms with E-state index >= 15 is 0 Å². The highest BCUT2D eigenvalue weighted by Gasteiger charge is 2.10. The number of anilines is 1. The van der Waals surface area contributed by atoms with Crippen LogP contribution in [0.3, 0.4) is 0 Å². The van der Waals surface area contributed by atoms with Crippen molar-refractivity contribution >= 4 is 25.1 Å². The second-order valence-corrected chi connectivity index (χ2v) is 5.43. The monoisotopic (exact) mass is 323 g/mol. The molecule has 3 aromatic rings. The van der Waals surface area contributed by atoms with Gasteiger partial charge < -0.3 is 20.7 Å². The Morgan fingerprint density at radius 1 is 1.27 bits per heavy atom. The summed E-state index contributed by atoms with van der Waals surface area (Å²) in [6, 6.07) is 8.43. The SMILES string of the molecule is Nc1nc2[nH]cnc2c(=O)[nH]1.O=[PH](O)C(O)c1ccccc1. The third-order valence-corrected chi connectivity index (χ3v) is 3.46. The van der Waals surface area contributed by atoms with Gasteiger partial charge in [-0.1, -0.05) is 30.3 Å². The Morgan fingerprint density at radius 2 is 1.95 bits per heavy atom. The van der Waals surface area contributed by atoms with Gasteiger partial charge in [-0.25, -0.2) is 4.98 Å². The molecule has 0 aliphatic heterocycles. The quantitative estimate of drug-likeness (QED) is 0.426. The van der Waals surface area contributed by atoms with E-state index in [2.05, 4.69) is 19.9 Å². The van der Waals surface area contributed by atoms with Crippen molar-refractivity contribution in [3.05, 3.63) is 52.6 Å². The molecule has 9 nitrogen and oxygen atoms in total. The average Bonchev–Trinajstić information content (AvgIpc) is 2.96. The smallest absolute Gasteiger partial charge is 0.280 e. The Labute approximate surface area is 124 Å². The van der Waals surface area contributed by atoms with Crippen LogP contribution in [-0.2, 0) is 4.57 Å². The number of fused-ring (bicyclic) bond motifs is 1. The summed E-state index contributed by atoms with van der Waals surface area (Å²) < 4.78 is 10.4. The first-order chi connectivity index (χ1) is 10.5. The molecular weight excluding hydrogens is 309 g/mol. The van der Waals surface area contributed by atoms with Crippen molar-refractivity contribution in [3.8, 4) is 0 Å². The summed E-state index contributed by atoms with van der Waals surface area (Å²) in [5.41, 5.74) is 6.11. The van der Waals surface area contributed by atoms with Crippen LogP contribution in [0.1, 0.15) is 11.4 Å². The molecule has 0 spiro atoms. The molecule has 6 N–H and O–H groups in total. The molecule has 0 saturated carbocycles. The molecule has 1 aromatic carbocycles. The minimum atomic E-state index is -2.86. The van der Waals surface area contributed by atoms with Crippen LogP contribution in [0.4, 0.5) is 5.95 Å². The van der Waals surface area contributed by atoms with Crippen LogP contribution in [0.25, 0.3) is 11.2 Å². The minimum absolute atomic E-state index is 0.0896. The second kappa shape index (κ2) is 6.99. The van der Waals surface area contributed by atoms with Gasteiger partial charge in [0, 0.05) is 0 Å². The first-order valence-electron chi connectivity index (χ1n) is 6.13. The van der Waals surface area contributed by atoms with E-state index in [0.29, 0.717) is 11.2 Å². The van der Waals surface area contributed by atoms with Crippen molar-refractivity contribution < 1.29 is 14.6 Å². The second-order valence-electron chi connectivity index (χ2n) is 4.20. The van der Waals surface area contributed by atoms with Crippen LogP contribution in [0.15, 0.2) is 41.5 Å². The Balaban J connectivity index is 0.000000160. The maximum atomic E-state index is 11.0. The zero-order valence-corrected chi connectivity index (χ0v) is 12.2. The molecule has 2 heterocycles. The summed E-state index contributed by atoms with van der Waals surface area (Å²) in [4.78, 5) is 32.1. The number of hydrogen-bond acceptors (Lipinski definition) is 6. The number of benzene rings is 1. The molecule has 0 bridgehead atoms. The fourth-order valence-corrected chi connectivity index (χ4v) is 2.12. The Morgan fingerprint density at radius 3 is 2.59 bits per heavy atom. The van der Waals surface area contributed by atoms with Gasteiger partial charge in [0.05, 0.1) is 6.33 Å². The van der Waals surface area contributed by atoms with Crippen molar-refractivity contribution in [2.75, 3.05) is 5.73 Å². The number of imidazole rings is 1. The number of nitrogens with two attached hydrogens (primary N) is 1. The van der Waals surface area contributed by atoms with E-state index in [1.807, 2.05) is 0 Å². The number of aliphatic hydroxyl groups is 1. The van der Waals surface area contributed by atoms with Gasteiger partial charge in [0.15, 0.2) is 17.0 Å². The number of nitrogens with one attached hydrogen (secondary N) is 2. The summed E-state index contributed by atoms with van der Waals surface area (Å²) in [5, 5.41) is 9.08. The predicted octanol–water partition coefficient (Wildman–Crippen LogP) is 0.373. The van der Waals surface area contributed by atoms with Crippen molar-refractivity contribution in [1.29, 1.82) is 0 Å². The molecule has 2 aromatic heterocycles. The number of H-pyrrole nitrogens is 2. The van der Waals surface area contributed by atoms with Crippen LogP contribution >= 0.6 is 8.03 Å². The van der Waals surface area contributed by atoms with E-state index in [1.165, 1.54) is 6.33 Å². The first-order valence-corrected chi connectivity index (χ1v) is 7.57. The summed E-state index contributed by atoms with van der Waals surface area (Å²) in [5.74, 6) is -1.13. The highest BCUT2D eigenvalue weighted by Crippen LogP contribution is 2.34. The first kappa shape index (κ1) is 15.9. The Hall–Kier alpha value is -2.48. The number of aliphatic hydroxyl groups excluding tert-OH is 1. The normalized spacial score (nSPS) is 13.2. The molecule has 0 fully saturated rings. The van der Waals surface area contributed by atoms with Crippen LogP contribution in [-0.4, -0.2) is 29.9 Å². The molecule has 22 heavy (non-hydrogen) atoms. The number of rotatable bonds is 2. The standard InChI is InChI=1S/C7H9O3P.C5H5N5O/c8-7(11(9)10)6-4-2-1-3-5-6;6-5-9-3-2(4(11)10-5)7-1-8-3/h1-5,7-8,11H,(H,9,10);1H,(H4,6,7,8,9,10,11). The summed E-state index contributed by atoms with van der Waals surface area (Å²) in [6.45, 7) is 0. The lowest BCUT2D eigenvalue weighted by Crippen LogP contribution is -2.10. The van der Waals surface area contributed by atoms with Gasteiger partial charge in [-0.05, 0) is 5.56 Å². The van der Waals surface area contributed by atoms with Gasteiger partial charge in [0.2, 0.25) is 14.0 Å². The molecule has 0 radical (unpaired) electrons. The van der Waals surface area contributed by atoms with Gasteiger partial charge >= 0.3 is 0 Å². The molecule has 0 saturated heterocycles. The number of aromatic nitrogens is 4. The van der Waals surface area contributed by atoms with Gasteiger partial charge in [0.1, 0.15) is 0 Å². The lowest BCUT2D eigenvalue weighted by atomic mass is 10.2. The molecule has 0 aliphatic carbocycles. The molecule has 10 heteroatoms. The largest absolute Gasteiger partial charge is 0.378 e. The van der Waals surface area contributed by atoms with Gasteiger partial charge in [0.25, 0.3) is 5.56 Å². The third kappa shape index (κ3) is 3.79. The van der Waals surface area contributed by atoms with Crippen molar-refractivity contribution in [2.45, 2.75) is 5.85 Å². The van der Waals surface area contributed by atoms with Gasteiger partial charge in [-0.15, -0.1) is 0 Å². The summed E-state index contributed by atoms with van der Waals surface area (Å²) in [6.07, 6.45) is 1.40. The van der Waals surface area contributed by atoms with E-state index in [0.717, 1.165) is 0 Å². The maximum Gasteiger partial charge on any atom is 0.280 e. The third-order valence-electron chi connectivity index (χ3n) is 2.66. The zero-order chi connectivity index (χ0) is 16.1. The minimum Gasteiger partial charge on any atom is -0.378 e. The Bertz CT molecular complexity index is 832. The summed E-state index contributed by atoms with van der Waals surface area (Å²) >= 11 is 0. The van der Waals surface area contributed by atoms with Crippen LogP contribution in [0.5, 0.6) is 0 Å². The number of nitrogens with zero attached hydrogens (tertiary/aromatic N) is 2. The predicted molar refractivity (Wildman–Crippen MR) is 81.5 cm³/mol. The topological polar surface area (TPSA) is 158 Å². The highest BCUT2D eigenvalue weighted by molar-refractivity contribution is 7.38. The van der Waals surface area contributed by atoms with Crippen LogP contribution < -0.4 is 11.3 Å². The fourth-order valence-electron chi connectivity index (χ4n) is 1.64. The molecule has 3 rings (SSSR count). The van der Waals surface area contributed by atoms with Crippen molar-refractivity contribution in [2.24, 2.45) is 0 Å². The molecular formula is C12H14N5O4P. The van der Waals surface area contributed by atoms with E-state index in [1.54, 1.807) is 30.3 Å². The highest BCUT2D eigenvalue weighted by atomic mass is 31.1. The summed E-state index contributed by atoms with van der Waals surface area (Å²) in [7, 11) is -2.86. The molecule has 2 atom stereocenters. The zero-order valence-electron chi connectivity index (χ0n) is 11.2. The van der Waals surface area contributed by atoms with E-state index < -0.39 is 13.9 Å². The molecule has 0 amide bonds. The van der Waals surface area contributed by atoms with Gasteiger partial charge in [-0.2, -0.15) is 4.98 Å². The maximum absolute atomic E-state index is 11.0. The number of hydrogen-bond donors (Lipinski definition) is 5. The lowest BCUT2D eigenvalue weighted by Gasteiger charge is -2.04. The van der Waals surface area contributed by atoms with Gasteiger partial charge in [-0.3, -0.25) is 14.3 Å². The van der Waals surface area contributed by atoms with E-state index in [-0.39, 0.29) is 17.0 Å². The van der Waals surface area contributed by atoms with E-state index in [4.69, 9.17) is 15.7 Å². The lowest BCUT2D eigenvalue weighted by molar-refractivity contribution is 0.243. The van der Waals surface area contributed by atoms with Crippen molar-refractivity contribution in [1.82, 2.24) is 19.9 Å². The number of aromatic amines is 2. The molecule has 0 aliphatic rings. The van der Waals surface area contributed by atoms with E-state index in [9.17, 15) is 9.36 Å².